The number of aryl methyl sites for hydroxylation is 1. The van der Waals surface area contributed by atoms with Crippen molar-refractivity contribution in [1.29, 1.82) is 0 Å². The molecule has 0 spiro atoms. The summed E-state index contributed by atoms with van der Waals surface area (Å²) in [7, 11) is 0. The maximum absolute atomic E-state index is 6.74. The van der Waals surface area contributed by atoms with E-state index in [0.29, 0.717) is 0 Å². The Morgan fingerprint density at radius 2 is 1.06 bits per heavy atom. The Kier molecular flexibility index (Phi) is 4.92. The van der Waals surface area contributed by atoms with Gasteiger partial charge in [-0.15, -0.1) is 0 Å². The molecule has 5 aromatic carbocycles. The molecule has 6 rings (SSSR count). The molecule has 0 amide bonds. The van der Waals surface area contributed by atoms with Crippen LogP contribution >= 0.6 is 5.96 Å². The number of rotatable bonds is 3. The average molecular weight is 499 g/mol. The van der Waals surface area contributed by atoms with Crippen molar-refractivity contribution in [2.24, 2.45) is 0 Å². The van der Waals surface area contributed by atoms with E-state index >= 15 is 0 Å². The number of hydrogen-bond acceptors (Lipinski definition) is 2. The van der Waals surface area contributed by atoms with Crippen molar-refractivity contribution >= 4 is 42.6 Å². The van der Waals surface area contributed by atoms with Crippen molar-refractivity contribution in [1.82, 2.24) is 0 Å². The first kappa shape index (κ1) is 19.8. The zero-order chi connectivity index (χ0) is 21.5. The second kappa shape index (κ2) is 7.94. The second-order valence-electron chi connectivity index (χ2n) is 8.07. The molecular weight excluding hydrogens is 478 g/mol. The predicted octanol–water partition coefficient (Wildman–Crippen LogP) is 7.61. The Labute approximate surface area is 195 Å². The first-order valence-corrected chi connectivity index (χ1v) is 14.8. The van der Waals surface area contributed by atoms with E-state index in [-0.39, 0.29) is 0 Å². The summed E-state index contributed by atoms with van der Waals surface area (Å²) in [5.41, 5.74) is 3.52. The van der Waals surface area contributed by atoms with Crippen LogP contribution in [0.1, 0.15) is 5.56 Å². The van der Waals surface area contributed by atoms with Gasteiger partial charge < -0.3 is 0 Å². The van der Waals surface area contributed by atoms with E-state index < -0.39 is 5.96 Å². The third-order valence-corrected chi connectivity index (χ3v) is 9.83. The molecule has 0 saturated carbocycles. The first-order chi connectivity index (χ1) is 15.7. The molecule has 4 heteroatoms. The molecule has 0 N–H and O–H groups in total. The molecular formula is C28H21O2PSe. The van der Waals surface area contributed by atoms with E-state index in [2.05, 4.69) is 112 Å². The molecule has 0 aromatic heterocycles. The summed E-state index contributed by atoms with van der Waals surface area (Å²) in [4.78, 5) is 0. The van der Waals surface area contributed by atoms with Crippen molar-refractivity contribution in [3.8, 4) is 22.6 Å². The van der Waals surface area contributed by atoms with E-state index in [9.17, 15) is 0 Å². The van der Waals surface area contributed by atoms with Gasteiger partial charge in [-0.1, -0.05) is 0 Å². The van der Waals surface area contributed by atoms with Crippen LogP contribution < -0.4 is 9.05 Å². The Hall–Kier alpha value is -2.83. The fourth-order valence-electron chi connectivity index (χ4n) is 4.49. The van der Waals surface area contributed by atoms with Gasteiger partial charge in [-0.05, 0) is 0 Å². The van der Waals surface area contributed by atoms with Crippen molar-refractivity contribution in [2.75, 3.05) is 6.16 Å². The van der Waals surface area contributed by atoms with Gasteiger partial charge in [0, 0.05) is 0 Å². The van der Waals surface area contributed by atoms with Crippen molar-refractivity contribution < 1.29 is 9.05 Å². The number of hydrogen-bond donors (Lipinski definition) is 0. The zero-order valence-corrected chi connectivity index (χ0v) is 20.0. The van der Waals surface area contributed by atoms with Crippen LogP contribution in [0.5, 0.6) is 11.5 Å². The summed E-state index contributed by atoms with van der Waals surface area (Å²) in [6.45, 7) is 0. The summed E-state index contributed by atoms with van der Waals surface area (Å²) in [6, 6.07) is 36.0. The van der Waals surface area contributed by atoms with Crippen molar-refractivity contribution in [2.45, 2.75) is 6.42 Å². The van der Waals surface area contributed by atoms with E-state index in [1.807, 2.05) is 6.07 Å². The Morgan fingerprint density at radius 1 is 0.562 bits per heavy atom. The Morgan fingerprint density at radius 3 is 1.62 bits per heavy atom. The van der Waals surface area contributed by atoms with Gasteiger partial charge in [0.1, 0.15) is 0 Å². The van der Waals surface area contributed by atoms with Crippen LogP contribution in [-0.2, 0) is 6.42 Å². The molecule has 1 aliphatic rings. The van der Waals surface area contributed by atoms with E-state index in [1.54, 1.807) is 0 Å². The molecule has 5 aromatic rings. The van der Waals surface area contributed by atoms with Gasteiger partial charge in [0.2, 0.25) is 0 Å². The summed E-state index contributed by atoms with van der Waals surface area (Å²) in [5.74, 6) is -0.542. The van der Waals surface area contributed by atoms with Crippen LogP contribution in [0.25, 0.3) is 32.7 Å². The molecule has 0 bridgehead atoms. The molecule has 0 unspecified atom stereocenters. The molecule has 156 valence electrons. The molecule has 0 saturated heterocycles. The first-order valence-electron chi connectivity index (χ1n) is 10.8. The third-order valence-electron chi connectivity index (χ3n) is 6.02. The summed E-state index contributed by atoms with van der Waals surface area (Å²) in [5, 5.41) is 4.76. The fraction of sp³-hybridized carbons (Fsp3) is 0.0714. The maximum atomic E-state index is 6.74. The number of benzene rings is 5. The minimum absolute atomic E-state index is 0.801. The Bertz CT molecular complexity index is 1420. The second-order valence-corrected chi connectivity index (χ2v) is 13.6. The average Bonchev–Trinajstić information content (AvgIpc) is 2.97. The topological polar surface area (TPSA) is 18.5 Å². The normalized spacial score (nSPS) is 14.1. The van der Waals surface area contributed by atoms with Gasteiger partial charge >= 0.3 is 196 Å². The van der Waals surface area contributed by atoms with Crippen LogP contribution in [0.4, 0.5) is 0 Å². The molecule has 0 atom stereocenters. The molecule has 2 nitrogen and oxygen atoms in total. The molecule has 0 aliphatic carbocycles. The van der Waals surface area contributed by atoms with E-state index in [0.717, 1.165) is 35.2 Å². The van der Waals surface area contributed by atoms with Gasteiger partial charge in [0.25, 0.3) is 0 Å². The van der Waals surface area contributed by atoms with Gasteiger partial charge in [-0.2, -0.15) is 0 Å². The van der Waals surface area contributed by atoms with Crippen LogP contribution in [-0.4, -0.2) is 21.3 Å². The standard InChI is InChI=1S/C28H21O2PSe/c32-31(19-18-20-8-2-1-3-9-20)29-25-16-14-21-10-4-6-12-23(21)27(25)28-24-13-7-5-11-22(24)15-17-26(28)30-31/h1-17H,18-19H2. The number of fused-ring (bicyclic) bond motifs is 7. The summed E-state index contributed by atoms with van der Waals surface area (Å²) in [6.07, 6.45) is 1.70. The molecule has 0 radical (unpaired) electrons. The fourth-order valence-corrected chi connectivity index (χ4v) is 7.73. The van der Waals surface area contributed by atoms with Crippen LogP contribution in [0.3, 0.4) is 0 Å². The zero-order valence-electron chi connectivity index (χ0n) is 17.4. The van der Waals surface area contributed by atoms with Gasteiger partial charge in [-0.25, -0.2) is 0 Å². The molecule has 1 heterocycles. The van der Waals surface area contributed by atoms with Gasteiger partial charge in [0.05, 0.1) is 0 Å². The van der Waals surface area contributed by atoms with Crippen LogP contribution in [0, 0.1) is 0 Å². The summed E-state index contributed by atoms with van der Waals surface area (Å²) < 4.78 is 13.5. The SMILES string of the molecule is [Se]=P1(CCc2ccccc2)Oc2ccc3ccccc3c2-c2c(ccc3ccccc23)O1. The Balaban J connectivity index is 1.57. The van der Waals surface area contributed by atoms with Gasteiger partial charge in [-0.3, -0.25) is 0 Å². The van der Waals surface area contributed by atoms with Crippen molar-refractivity contribution in [3.05, 3.63) is 109 Å². The minimum atomic E-state index is -2.32. The molecule has 1 aliphatic heterocycles. The van der Waals surface area contributed by atoms with E-state index in [1.165, 1.54) is 27.1 Å². The summed E-state index contributed by atoms with van der Waals surface area (Å²) >= 11 is 3.35. The predicted molar refractivity (Wildman–Crippen MR) is 136 cm³/mol. The third kappa shape index (κ3) is 3.48. The van der Waals surface area contributed by atoms with Crippen molar-refractivity contribution in [3.63, 3.8) is 0 Å². The molecule has 0 fully saturated rings. The molecule has 32 heavy (non-hydrogen) atoms. The van der Waals surface area contributed by atoms with Gasteiger partial charge in [0.15, 0.2) is 0 Å². The van der Waals surface area contributed by atoms with E-state index in [4.69, 9.17) is 9.05 Å². The monoisotopic (exact) mass is 500 g/mol. The van der Waals surface area contributed by atoms with Crippen LogP contribution in [0.2, 0.25) is 0 Å². The quantitative estimate of drug-likeness (QED) is 0.188. The van der Waals surface area contributed by atoms with Crippen LogP contribution in [0.15, 0.2) is 103 Å².